The molecule has 1 N–H and O–H groups in total. The van der Waals surface area contributed by atoms with Crippen LogP contribution in [0, 0.1) is 11.6 Å². The van der Waals surface area contributed by atoms with Gasteiger partial charge in [-0.1, -0.05) is 30.9 Å². The summed E-state index contributed by atoms with van der Waals surface area (Å²) in [6.07, 6.45) is 3.24. The second-order valence-electron chi connectivity index (χ2n) is 6.84. The number of amides is 2. The fraction of sp³-hybridized carbons (Fsp3) is 0.217. The first-order valence-electron chi connectivity index (χ1n) is 9.36. The Labute approximate surface area is 168 Å². The molecule has 2 amide bonds. The lowest BCUT2D eigenvalue weighted by molar-refractivity contribution is -0.128. The summed E-state index contributed by atoms with van der Waals surface area (Å²) in [5, 5.41) is 2.52. The molecular formula is C23H22F2N2O2. The van der Waals surface area contributed by atoms with Gasteiger partial charge in [0, 0.05) is 25.7 Å². The number of hydrogen-bond donors (Lipinski definition) is 1. The van der Waals surface area contributed by atoms with Gasteiger partial charge in [-0.05, 0) is 53.8 Å². The third kappa shape index (κ3) is 4.59. The Hall–Kier alpha value is -3.28. The molecular weight excluding hydrogens is 374 g/mol. The molecule has 6 heteroatoms. The minimum atomic E-state index is -0.909. The molecule has 29 heavy (non-hydrogen) atoms. The molecule has 1 aliphatic rings. The average molecular weight is 396 g/mol. The normalized spacial score (nSPS) is 14.4. The number of carbonyl (C=O) groups excluding carboxylic acids is 2. The maximum atomic E-state index is 13.8. The zero-order valence-electron chi connectivity index (χ0n) is 16.2. The first-order valence-corrected chi connectivity index (χ1v) is 9.36. The van der Waals surface area contributed by atoms with Crippen molar-refractivity contribution in [3.8, 4) is 0 Å². The Bertz CT molecular complexity index is 961. The second kappa shape index (κ2) is 8.82. The quantitative estimate of drug-likeness (QED) is 0.807. The number of anilines is 1. The molecule has 0 radical (unpaired) electrons. The van der Waals surface area contributed by atoms with Crippen molar-refractivity contribution >= 4 is 23.1 Å². The SMILES string of the molecule is C=CC1=C(c2ccc(NC(=O)c3c(F)cccc3F)cc2)CCN(C(C)=O)CC1. The monoisotopic (exact) mass is 396 g/mol. The van der Waals surface area contributed by atoms with E-state index < -0.39 is 23.1 Å². The van der Waals surface area contributed by atoms with Crippen LogP contribution in [0.4, 0.5) is 14.5 Å². The van der Waals surface area contributed by atoms with Gasteiger partial charge in [-0.15, -0.1) is 0 Å². The van der Waals surface area contributed by atoms with E-state index in [1.165, 1.54) is 6.07 Å². The van der Waals surface area contributed by atoms with E-state index in [9.17, 15) is 18.4 Å². The fourth-order valence-electron chi connectivity index (χ4n) is 3.46. The first kappa shape index (κ1) is 20.5. The Balaban J connectivity index is 1.79. The van der Waals surface area contributed by atoms with Crippen LogP contribution in [0.2, 0.25) is 0 Å². The summed E-state index contributed by atoms with van der Waals surface area (Å²) < 4.78 is 27.6. The lowest BCUT2D eigenvalue weighted by Crippen LogP contribution is -2.29. The second-order valence-corrected chi connectivity index (χ2v) is 6.84. The summed E-state index contributed by atoms with van der Waals surface area (Å²) in [6, 6.07) is 10.4. The van der Waals surface area contributed by atoms with Crippen LogP contribution >= 0.6 is 0 Å². The topological polar surface area (TPSA) is 49.4 Å². The highest BCUT2D eigenvalue weighted by atomic mass is 19.1. The minimum Gasteiger partial charge on any atom is -0.342 e. The molecule has 0 bridgehead atoms. The molecule has 2 aromatic carbocycles. The Morgan fingerprint density at radius 1 is 1.03 bits per heavy atom. The van der Waals surface area contributed by atoms with Gasteiger partial charge in [0.25, 0.3) is 5.91 Å². The highest BCUT2D eigenvalue weighted by Gasteiger charge is 2.19. The third-order valence-corrected chi connectivity index (χ3v) is 5.04. The molecule has 1 aliphatic heterocycles. The van der Waals surface area contributed by atoms with Crippen LogP contribution in [0.5, 0.6) is 0 Å². The zero-order valence-corrected chi connectivity index (χ0v) is 16.2. The van der Waals surface area contributed by atoms with Crippen molar-refractivity contribution in [1.82, 2.24) is 4.90 Å². The van der Waals surface area contributed by atoms with E-state index in [-0.39, 0.29) is 5.91 Å². The number of allylic oxidation sites excluding steroid dienone is 1. The molecule has 3 rings (SSSR count). The highest BCUT2D eigenvalue weighted by Crippen LogP contribution is 2.29. The molecule has 0 spiro atoms. The van der Waals surface area contributed by atoms with Crippen molar-refractivity contribution in [1.29, 1.82) is 0 Å². The summed E-state index contributed by atoms with van der Waals surface area (Å²) >= 11 is 0. The predicted molar refractivity (Wildman–Crippen MR) is 109 cm³/mol. The number of carbonyl (C=O) groups is 2. The Morgan fingerprint density at radius 2 is 1.66 bits per heavy atom. The van der Waals surface area contributed by atoms with E-state index in [1.54, 1.807) is 19.1 Å². The van der Waals surface area contributed by atoms with Crippen molar-refractivity contribution < 1.29 is 18.4 Å². The van der Waals surface area contributed by atoms with Crippen LogP contribution in [0.3, 0.4) is 0 Å². The smallest absolute Gasteiger partial charge is 0.261 e. The maximum Gasteiger partial charge on any atom is 0.261 e. The van der Waals surface area contributed by atoms with Gasteiger partial charge in [-0.25, -0.2) is 8.78 Å². The van der Waals surface area contributed by atoms with Gasteiger partial charge >= 0.3 is 0 Å². The van der Waals surface area contributed by atoms with Gasteiger partial charge in [0.15, 0.2) is 0 Å². The van der Waals surface area contributed by atoms with Crippen molar-refractivity contribution in [2.45, 2.75) is 19.8 Å². The third-order valence-electron chi connectivity index (χ3n) is 5.04. The van der Waals surface area contributed by atoms with Crippen LogP contribution in [0.15, 0.2) is 60.7 Å². The Kier molecular flexibility index (Phi) is 6.22. The Morgan fingerprint density at radius 3 is 2.24 bits per heavy atom. The van der Waals surface area contributed by atoms with E-state index in [4.69, 9.17) is 0 Å². The van der Waals surface area contributed by atoms with Gasteiger partial charge < -0.3 is 10.2 Å². The number of benzene rings is 2. The number of nitrogens with one attached hydrogen (secondary N) is 1. The summed E-state index contributed by atoms with van der Waals surface area (Å²) in [7, 11) is 0. The number of nitrogens with zero attached hydrogens (tertiary/aromatic N) is 1. The van der Waals surface area contributed by atoms with Crippen LogP contribution in [-0.2, 0) is 4.79 Å². The van der Waals surface area contributed by atoms with Gasteiger partial charge in [-0.2, -0.15) is 0 Å². The van der Waals surface area contributed by atoms with Gasteiger partial charge in [0.1, 0.15) is 17.2 Å². The standard InChI is InChI=1S/C23H22F2N2O2/c1-3-16-11-13-27(15(2)28)14-12-19(16)17-7-9-18(10-8-17)26-23(29)22-20(24)5-4-6-21(22)25/h3-10H,1,11-14H2,2H3,(H,26,29). The largest absolute Gasteiger partial charge is 0.342 e. The van der Waals surface area contributed by atoms with Crippen LogP contribution in [-0.4, -0.2) is 29.8 Å². The summed E-state index contributed by atoms with van der Waals surface area (Å²) in [4.78, 5) is 25.7. The predicted octanol–water partition coefficient (Wildman–Crippen LogP) is 4.80. The van der Waals surface area contributed by atoms with Gasteiger partial charge in [0.05, 0.1) is 0 Å². The highest BCUT2D eigenvalue weighted by molar-refractivity contribution is 6.04. The lowest BCUT2D eigenvalue weighted by atomic mass is 9.96. The minimum absolute atomic E-state index is 0.0492. The fourth-order valence-corrected chi connectivity index (χ4v) is 3.46. The number of halogens is 2. The molecule has 4 nitrogen and oxygen atoms in total. The van der Waals surface area contributed by atoms with E-state index in [0.717, 1.165) is 35.3 Å². The van der Waals surface area contributed by atoms with Crippen molar-refractivity contribution in [3.63, 3.8) is 0 Å². The van der Waals surface area contributed by atoms with Crippen LogP contribution < -0.4 is 5.32 Å². The van der Waals surface area contributed by atoms with Crippen molar-refractivity contribution in [2.24, 2.45) is 0 Å². The molecule has 0 atom stereocenters. The summed E-state index contributed by atoms with van der Waals surface area (Å²) in [5.74, 6) is -2.61. The number of rotatable bonds is 4. The van der Waals surface area contributed by atoms with Gasteiger partial charge in [-0.3, -0.25) is 9.59 Å². The molecule has 0 fully saturated rings. The molecule has 0 unspecified atom stereocenters. The van der Waals surface area contributed by atoms with E-state index in [1.807, 2.05) is 23.1 Å². The molecule has 2 aromatic rings. The van der Waals surface area contributed by atoms with Crippen molar-refractivity contribution in [3.05, 3.63) is 83.5 Å². The average Bonchev–Trinajstić information content (AvgIpc) is 2.91. The van der Waals surface area contributed by atoms with Crippen molar-refractivity contribution in [2.75, 3.05) is 18.4 Å². The zero-order chi connectivity index (χ0) is 21.0. The van der Waals surface area contributed by atoms with Crippen LogP contribution in [0.1, 0.15) is 35.7 Å². The first-order chi connectivity index (χ1) is 13.9. The molecule has 150 valence electrons. The number of hydrogen-bond acceptors (Lipinski definition) is 2. The lowest BCUT2D eigenvalue weighted by Gasteiger charge is -2.18. The molecule has 0 saturated carbocycles. The maximum absolute atomic E-state index is 13.8. The van der Waals surface area contributed by atoms with E-state index in [2.05, 4.69) is 11.9 Å². The molecule has 0 saturated heterocycles. The summed E-state index contributed by atoms with van der Waals surface area (Å²) in [6.45, 7) is 6.74. The molecule has 1 heterocycles. The molecule has 0 aromatic heterocycles. The molecule has 0 aliphatic carbocycles. The van der Waals surface area contributed by atoms with E-state index >= 15 is 0 Å². The van der Waals surface area contributed by atoms with E-state index in [0.29, 0.717) is 25.2 Å². The summed E-state index contributed by atoms with van der Waals surface area (Å²) in [5.41, 5.74) is 2.96. The van der Waals surface area contributed by atoms with Gasteiger partial charge in [0.2, 0.25) is 5.91 Å². The van der Waals surface area contributed by atoms with Crippen LogP contribution in [0.25, 0.3) is 5.57 Å².